The lowest BCUT2D eigenvalue weighted by Gasteiger charge is -2.19. The molecule has 0 atom stereocenters. The summed E-state index contributed by atoms with van der Waals surface area (Å²) in [6, 6.07) is 20.9. The Hall–Kier alpha value is -3.99. The van der Waals surface area contributed by atoms with E-state index in [0.29, 0.717) is 33.8 Å². The van der Waals surface area contributed by atoms with Gasteiger partial charge in [0.15, 0.2) is 0 Å². The molecule has 3 aromatic carbocycles. The summed E-state index contributed by atoms with van der Waals surface area (Å²) in [6.07, 6.45) is 0. The number of carbonyl (C=O) groups is 3. The van der Waals surface area contributed by atoms with Crippen LogP contribution in [0, 0.1) is 0 Å². The van der Waals surface area contributed by atoms with Crippen molar-refractivity contribution in [3.8, 4) is 0 Å². The molecule has 0 saturated heterocycles. The number of carbonyl (C=O) groups excluding carboxylic acids is 3. The molecule has 5 rings (SSSR count). The van der Waals surface area contributed by atoms with Crippen molar-refractivity contribution >= 4 is 34.8 Å². The Labute approximate surface area is 161 Å². The molecular weight excluding hydrogens is 352 g/mol. The number of imide groups is 1. The van der Waals surface area contributed by atoms with E-state index < -0.39 is 0 Å². The van der Waals surface area contributed by atoms with E-state index in [9.17, 15) is 14.4 Å². The fourth-order valence-corrected chi connectivity index (χ4v) is 3.73. The van der Waals surface area contributed by atoms with Crippen LogP contribution in [0.5, 0.6) is 0 Å². The topological polar surface area (TPSA) is 57.7 Å². The monoisotopic (exact) mass is 366 g/mol. The van der Waals surface area contributed by atoms with Gasteiger partial charge in [-0.25, -0.2) is 4.90 Å². The third-order valence-electron chi connectivity index (χ3n) is 5.10. The zero-order valence-electron chi connectivity index (χ0n) is 14.8. The Morgan fingerprint density at radius 1 is 0.500 bits per heavy atom. The van der Waals surface area contributed by atoms with Crippen LogP contribution < -0.4 is 9.80 Å². The maximum absolute atomic E-state index is 12.7. The second-order valence-electron chi connectivity index (χ2n) is 6.64. The molecule has 2 heterocycles. The largest absolute Gasteiger partial charge is 0.277 e. The number of rotatable bonds is 2. The van der Waals surface area contributed by atoms with E-state index in [4.69, 9.17) is 0 Å². The highest BCUT2D eigenvalue weighted by molar-refractivity contribution is 6.34. The van der Waals surface area contributed by atoms with Gasteiger partial charge in [-0.15, -0.1) is 0 Å². The van der Waals surface area contributed by atoms with Gasteiger partial charge in [0.25, 0.3) is 17.7 Å². The first kappa shape index (κ1) is 16.2. The van der Waals surface area contributed by atoms with Crippen molar-refractivity contribution in [2.24, 2.45) is 0 Å². The first-order valence-corrected chi connectivity index (χ1v) is 8.78. The molecule has 0 spiro atoms. The summed E-state index contributed by atoms with van der Waals surface area (Å²) in [6.45, 7) is 4.04. The Balaban J connectivity index is 1.48. The second kappa shape index (κ2) is 5.76. The van der Waals surface area contributed by atoms with Gasteiger partial charge in [-0.2, -0.15) is 0 Å². The number of hydrogen-bond acceptors (Lipinski definition) is 3. The standard InChI is InChI=1S/C23H14N2O3/c1-14-17-6-2-3-7-18(17)21(26)24(14)15-10-12-16(13-11-15)25-22(27)19-8-4-5-9-20(19)23(25)28/h2-13H,1H2. The van der Waals surface area contributed by atoms with Gasteiger partial charge in [-0.05, 0) is 42.5 Å². The summed E-state index contributed by atoms with van der Waals surface area (Å²) >= 11 is 0. The van der Waals surface area contributed by atoms with Crippen molar-refractivity contribution in [1.29, 1.82) is 0 Å². The van der Waals surface area contributed by atoms with Gasteiger partial charge in [0.2, 0.25) is 0 Å². The van der Waals surface area contributed by atoms with Crippen LogP contribution in [0.25, 0.3) is 5.70 Å². The van der Waals surface area contributed by atoms with Crippen LogP contribution in [0.4, 0.5) is 11.4 Å². The third-order valence-corrected chi connectivity index (χ3v) is 5.10. The molecule has 3 amide bonds. The van der Waals surface area contributed by atoms with Gasteiger partial charge < -0.3 is 0 Å². The Morgan fingerprint density at radius 3 is 1.32 bits per heavy atom. The molecule has 2 aliphatic rings. The molecular formula is C23H14N2O3. The van der Waals surface area contributed by atoms with Gasteiger partial charge in [-0.1, -0.05) is 36.9 Å². The summed E-state index contributed by atoms with van der Waals surface area (Å²) < 4.78 is 0. The van der Waals surface area contributed by atoms with E-state index >= 15 is 0 Å². The van der Waals surface area contributed by atoms with Crippen LogP contribution in [0.1, 0.15) is 36.6 Å². The van der Waals surface area contributed by atoms with Crippen molar-refractivity contribution in [2.45, 2.75) is 0 Å². The van der Waals surface area contributed by atoms with Crippen molar-refractivity contribution < 1.29 is 14.4 Å². The molecule has 3 aromatic rings. The fourth-order valence-electron chi connectivity index (χ4n) is 3.73. The number of nitrogens with zero attached hydrogens (tertiary/aromatic N) is 2. The highest BCUT2D eigenvalue weighted by Gasteiger charge is 2.37. The predicted octanol–water partition coefficient (Wildman–Crippen LogP) is 4.12. The molecule has 5 nitrogen and oxygen atoms in total. The highest BCUT2D eigenvalue weighted by atomic mass is 16.2. The van der Waals surface area contributed by atoms with E-state index in [0.717, 1.165) is 10.5 Å². The lowest BCUT2D eigenvalue weighted by molar-refractivity contribution is 0.0924. The van der Waals surface area contributed by atoms with Crippen molar-refractivity contribution in [1.82, 2.24) is 0 Å². The van der Waals surface area contributed by atoms with Gasteiger partial charge in [0.05, 0.1) is 22.5 Å². The normalized spacial score (nSPS) is 15.3. The lowest BCUT2D eigenvalue weighted by Crippen LogP contribution is -2.29. The van der Waals surface area contributed by atoms with Gasteiger partial charge >= 0.3 is 0 Å². The van der Waals surface area contributed by atoms with E-state index in [-0.39, 0.29) is 17.7 Å². The first-order valence-electron chi connectivity index (χ1n) is 8.78. The van der Waals surface area contributed by atoms with Gasteiger partial charge in [-0.3, -0.25) is 19.3 Å². The van der Waals surface area contributed by atoms with Crippen LogP contribution >= 0.6 is 0 Å². The molecule has 0 unspecified atom stereocenters. The van der Waals surface area contributed by atoms with Crippen LogP contribution in [0.15, 0.2) is 79.4 Å². The van der Waals surface area contributed by atoms with E-state index in [1.54, 1.807) is 54.6 Å². The zero-order chi connectivity index (χ0) is 19.4. The minimum atomic E-state index is -0.345. The molecule has 0 N–H and O–H groups in total. The molecule has 0 aromatic heterocycles. The zero-order valence-corrected chi connectivity index (χ0v) is 14.8. The van der Waals surface area contributed by atoms with Crippen molar-refractivity contribution in [2.75, 3.05) is 9.80 Å². The number of anilines is 2. The summed E-state index contributed by atoms with van der Waals surface area (Å²) in [5.74, 6) is -0.834. The quantitative estimate of drug-likeness (QED) is 0.641. The summed E-state index contributed by atoms with van der Waals surface area (Å²) in [4.78, 5) is 40.7. The number of benzene rings is 3. The molecule has 5 heteroatoms. The van der Waals surface area contributed by atoms with Crippen molar-refractivity contribution in [3.63, 3.8) is 0 Å². The molecule has 0 radical (unpaired) electrons. The average Bonchev–Trinajstić information content (AvgIpc) is 3.14. The SMILES string of the molecule is C=C1c2ccccc2C(=O)N1c1ccc(N2C(=O)c3ccccc3C2=O)cc1. The summed E-state index contributed by atoms with van der Waals surface area (Å²) in [5, 5.41) is 0. The number of fused-ring (bicyclic) bond motifs is 2. The molecule has 0 bridgehead atoms. The number of amides is 3. The molecule has 2 aliphatic heterocycles. The second-order valence-corrected chi connectivity index (χ2v) is 6.64. The lowest BCUT2D eigenvalue weighted by atomic mass is 10.1. The van der Waals surface area contributed by atoms with E-state index in [2.05, 4.69) is 6.58 Å². The Kier molecular flexibility index (Phi) is 3.33. The molecule has 0 saturated carbocycles. The molecule has 0 fully saturated rings. The average molecular weight is 366 g/mol. The van der Waals surface area contributed by atoms with Crippen LogP contribution in [0.3, 0.4) is 0 Å². The first-order chi connectivity index (χ1) is 13.6. The summed E-state index contributed by atoms with van der Waals surface area (Å²) in [5.41, 5.74) is 3.91. The van der Waals surface area contributed by atoms with E-state index in [1.165, 1.54) is 4.90 Å². The van der Waals surface area contributed by atoms with Gasteiger partial charge in [0, 0.05) is 16.8 Å². The fraction of sp³-hybridized carbons (Fsp3) is 0. The number of hydrogen-bond donors (Lipinski definition) is 0. The van der Waals surface area contributed by atoms with E-state index in [1.807, 2.05) is 18.2 Å². The van der Waals surface area contributed by atoms with Gasteiger partial charge in [0.1, 0.15) is 0 Å². The maximum atomic E-state index is 12.7. The maximum Gasteiger partial charge on any atom is 0.266 e. The van der Waals surface area contributed by atoms with Crippen molar-refractivity contribution in [3.05, 3.63) is 102 Å². The summed E-state index contributed by atoms with van der Waals surface area (Å²) in [7, 11) is 0. The smallest absolute Gasteiger partial charge is 0.266 e. The third kappa shape index (κ3) is 2.10. The van der Waals surface area contributed by atoms with Crippen LogP contribution in [0.2, 0.25) is 0 Å². The molecule has 0 aliphatic carbocycles. The van der Waals surface area contributed by atoms with Crippen LogP contribution in [-0.4, -0.2) is 17.7 Å². The predicted molar refractivity (Wildman–Crippen MR) is 106 cm³/mol. The minimum Gasteiger partial charge on any atom is -0.277 e. The Morgan fingerprint density at radius 2 is 0.857 bits per heavy atom. The molecule has 134 valence electrons. The molecule has 28 heavy (non-hydrogen) atoms. The minimum absolute atomic E-state index is 0.144. The highest BCUT2D eigenvalue weighted by Crippen LogP contribution is 2.37. The Bertz CT molecular complexity index is 1030. The van der Waals surface area contributed by atoms with Crippen LogP contribution in [-0.2, 0) is 0 Å².